The van der Waals surface area contributed by atoms with E-state index in [2.05, 4.69) is 104 Å². The maximum absolute atomic E-state index is 11.4. The first-order chi connectivity index (χ1) is 13.8. The van der Waals surface area contributed by atoms with Crippen LogP contribution in [0.25, 0.3) is 0 Å². The Morgan fingerprint density at radius 3 is 2.03 bits per heavy atom. The second-order valence-corrected chi connectivity index (χ2v) is 11.1. The molecule has 2 aromatic rings. The van der Waals surface area contributed by atoms with Crippen LogP contribution < -0.4 is 0 Å². The standard InChI is InChI=1S/C27H39NO2/c1-17(2)28-18(3)24(19-13-11-10-12-14-19)30-25(28)21-15-20(26(4,5)6)16-22(23(21)29)27(7,8)9/h10-18,24-25,29H,1-9H3/t18-,24-,25?/m0/s1. The smallest absolute Gasteiger partial charge is 0.141 e. The number of aromatic hydroxyl groups is 1. The Balaban J connectivity index is 2.17. The molecular formula is C27H39NO2. The number of ether oxygens (including phenoxy) is 1. The van der Waals surface area contributed by atoms with Crippen molar-refractivity contribution in [2.24, 2.45) is 0 Å². The molecule has 0 spiro atoms. The monoisotopic (exact) mass is 409 g/mol. The largest absolute Gasteiger partial charge is 0.507 e. The first-order valence-electron chi connectivity index (χ1n) is 11.2. The summed E-state index contributed by atoms with van der Waals surface area (Å²) in [6.45, 7) is 19.8. The van der Waals surface area contributed by atoms with Gasteiger partial charge in [0.05, 0.1) is 0 Å². The minimum Gasteiger partial charge on any atom is -0.507 e. The van der Waals surface area contributed by atoms with Crippen LogP contribution in [0, 0.1) is 0 Å². The molecule has 1 fully saturated rings. The molecule has 1 heterocycles. The topological polar surface area (TPSA) is 32.7 Å². The molecule has 0 aliphatic carbocycles. The summed E-state index contributed by atoms with van der Waals surface area (Å²) >= 11 is 0. The molecule has 0 amide bonds. The zero-order chi connectivity index (χ0) is 22.4. The Kier molecular flexibility index (Phi) is 6.10. The molecule has 1 aliphatic heterocycles. The lowest BCUT2D eigenvalue weighted by Gasteiger charge is -2.33. The van der Waals surface area contributed by atoms with Crippen LogP contribution in [0.5, 0.6) is 5.75 Å². The Bertz CT molecular complexity index is 874. The van der Waals surface area contributed by atoms with Crippen LogP contribution in [0.15, 0.2) is 42.5 Å². The van der Waals surface area contributed by atoms with E-state index in [1.807, 2.05) is 6.07 Å². The highest BCUT2D eigenvalue weighted by Gasteiger charge is 2.44. The molecule has 0 saturated carbocycles. The molecule has 1 saturated heterocycles. The van der Waals surface area contributed by atoms with Crippen LogP contribution >= 0.6 is 0 Å². The lowest BCUT2D eigenvalue weighted by molar-refractivity contribution is -0.0140. The van der Waals surface area contributed by atoms with E-state index in [1.165, 1.54) is 11.1 Å². The van der Waals surface area contributed by atoms with Crippen LogP contribution in [0.4, 0.5) is 0 Å². The van der Waals surface area contributed by atoms with E-state index in [1.54, 1.807) is 0 Å². The highest BCUT2D eigenvalue weighted by atomic mass is 16.5. The van der Waals surface area contributed by atoms with E-state index in [-0.39, 0.29) is 35.2 Å². The van der Waals surface area contributed by atoms with Crippen LogP contribution in [0.3, 0.4) is 0 Å². The first kappa shape index (κ1) is 22.8. The molecule has 1 aliphatic rings. The minimum atomic E-state index is -0.284. The summed E-state index contributed by atoms with van der Waals surface area (Å²) in [6.07, 6.45) is -0.317. The number of hydrogen-bond acceptors (Lipinski definition) is 3. The van der Waals surface area contributed by atoms with Crippen molar-refractivity contribution in [3.8, 4) is 5.75 Å². The van der Waals surface area contributed by atoms with Gasteiger partial charge in [-0.3, -0.25) is 4.90 Å². The molecule has 3 atom stereocenters. The van der Waals surface area contributed by atoms with Crippen LogP contribution in [-0.4, -0.2) is 22.1 Å². The van der Waals surface area contributed by atoms with E-state index in [9.17, 15) is 5.11 Å². The average Bonchev–Trinajstić information content (AvgIpc) is 2.98. The third kappa shape index (κ3) is 4.29. The maximum atomic E-state index is 11.4. The van der Waals surface area contributed by atoms with Crippen LogP contribution in [0.1, 0.15) is 96.9 Å². The molecule has 164 valence electrons. The first-order valence-corrected chi connectivity index (χ1v) is 11.2. The maximum Gasteiger partial charge on any atom is 0.141 e. The SMILES string of the molecule is CC(C)N1C(c2cc(C(C)(C)C)cc(C(C)(C)C)c2O)O[C@H](c2ccccc2)[C@@H]1C. The molecule has 0 bridgehead atoms. The van der Waals surface area contributed by atoms with Gasteiger partial charge in [-0.25, -0.2) is 0 Å². The summed E-state index contributed by atoms with van der Waals surface area (Å²) in [5, 5.41) is 11.4. The number of phenols is 1. The molecule has 0 aromatic heterocycles. The van der Waals surface area contributed by atoms with Gasteiger partial charge >= 0.3 is 0 Å². The molecule has 30 heavy (non-hydrogen) atoms. The van der Waals surface area contributed by atoms with Gasteiger partial charge < -0.3 is 9.84 Å². The zero-order valence-corrected chi connectivity index (χ0v) is 20.2. The molecule has 2 aromatic carbocycles. The molecule has 3 nitrogen and oxygen atoms in total. The van der Waals surface area contributed by atoms with E-state index in [4.69, 9.17) is 4.74 Å². The fourth-order valence-electron chi connectivity index (χ4n) is 4.52. The summed E-state index contributed by atoms with van der Waals surface area (Å²) in [4.78, 5) is 2.39. The third-order valence-corrected chi connectivity index (χ3v) is 6.26. The average molecular weight is 410 g/mol. The summed E-state index contributed by atoms with van der Waals surface area (Å²) < 4.78 is 6.70. The van der Waals surface area contributed by atoms with Crippen LogP contribution in [-0.2, 0) is 15.6 Å². The highest BCUT2D eigenvalue weighted by Crippen LogP contribution is 2.48. The Hall–Kier alpha value is -1.84. The molecule has 1 unspecified atom stereocenters. The number of benzene rings is 2. The lowest BCUT2D eigenvalue weighted by Crippen LogP contribution is -2.37. The van der Waals surface area contributed by atoms with Gasteiger partial charge in [-0.1, -0.05) is 77.9 Å². The third-order valence-electron chi connectivity index (χ3n) is 6.26. The quantitative estimate of drug-likeness (QED) is 0.601. The van der Waals surface area contributed by atoms with E-state index in [0.717, 1.165) is 11.1 Å². The number of phenolic OH excluding ortho intramolecular Hbond substituents is 1. The summed E-state index contributed by atoms with van der Waals surface area (Å²) in [6, 6.07) is 15.2. The Morgan fingerprint density at radius 2 is 1.53 bits per heavy atom. The molecule has 3 rings (SSSR count). The molecule has 3 heteroatoms. The van der Waals surface area contributed by atoms with Gasteiger partial charge in [0.15, 0.2) is 0 Å². The van der Waals surface area contributed by atoms with Crippen molar-refractivity contribution < 1.29 is 9.84 Å². The van der Waals surface area contributed by atoms with E-state index in [0.29, 0.717) is 5.75 Å². The molecular weight excluding hydrogens is 370 g/mol. The Labute approximate surface area is 183 Å². The van der Waals surface area contributed by atoms with Crippen molar-refractivity contribution in [3.63, 3.8) is 0 Å². The normalized spacial score (nSPS) is 23.3. The van der Waals surface area contributed by atoms with Crippen molar-refractivity contribution in [1.29, 1.82) is 0 Å². The number of rotatable bonds is 3. The van der Waals surface area contributed by atoms with Crippen molar-refractivity contribution >= 4 is 0 Å². The predicted molar refractivity (Wildman–Crippen MR) is 125 cm³/mol. The van der Waals surface area contributed by atoms with Gasteiger partial charge in [0.1, 0.15) is 18.1 Å². The number of nitrogens with zero attached hydrogens (tertiary/aromatic N) is 1. The molecule has 1 N–H and O–H groups in total. The van der Waals surface area contributed by atoms with Crippen molar-refractivity contribution in [2.45, 2.75) is 97.6 Å². The fourth-order valence-corrected chi connectivity index (χ4v) is 4.52. The van der Waals surface area contributed by atoms with E-state index < -0.39 is 0 Å². The molecule has 0 radical (unpaired) electrons. The lowest BCUT2D eigenvalue weighted by atomic mass is 9.78. The van der Waals surface area contributed by atoms with Crippen molar-refractivity contribution in [3.05, 3.63) is 64.7 Å². The Morgan fingerprint density at radius 1 is 0.933 bits per heavy atom. The summed E-state index contributed by atoms with van der Waals surface area (Å²) in [5.74, 6) is 0.368. The van der Waals surface area contributed by atoms with Gasteiger partial charge in [-0.15, -0.1) is 0 Å². The van der Waals surface area contributed by atoms with Gasteiger partial charge in [-0.2, -0.15) is 0 Å². The number of hydrogen-bond donors (Lipinski definition) is 1. The van der Waals surface area contributed by atoms with Gasteiger partial charge in [0.2, 0.25) is 0 Å². The predicted octanol–water partition coefficient (Wildman–Crippen LogP) is 6.86. The highest BCUT2D eigenvalue weighted by molar-refractivity contribution is 5.50. The summed E-state index contributed by atoms with van der Waals surface area (Å²) in [7, 11) is 0. The second-order valence-electron chi connectivity index (χ2n) is 11.1. The zero-order valence-electron chi connectivity index (χ0n) is 20.2. The minimum absolute atomic E-state index is 0.0197. The van der Waals surface area contributed by atoms with Gasteiger partial charge in [0, 0.05) is 17.6 Å². The second kappa shape index (κ2) is 8.01. The van der Waals surface area contributed by atoms with Crippen molar-refractivity contribution in [2.75, 3.05) is 0 Å². The van der Waals surface area contributed by atoms with E-state index >= 15 is 0 Å². The van der Waals surface area contributed by atoms with Gasteiger partial charge in [0.25, 0.3) is 0 Å². The summed E-state index contributed by atoms with van der Waals surface area (Å²) in [5.41, 5.74) is 4.09. The van der Waals surface area contributed by atoms with Crippen LogP contribution in [0.2, 0.25) is 0 Å². The fraction of sp³-hybridized carbons (Fsp3) is 0.556. The van der Waals surface area contributed by atoms with Crippen molar-refractivity contribution in [1.82, 2.24) is 4.90 Å². The van der Waals surface area contributed by atoms with Gasteiger partial charge in [-0.05, 0) is 54.4 Å².